The Hall–Kier alpha value is -3.82. The Kier molecular flexibility index (Phi) is 6.28. The lowest BCUT2D eigenvalue weighted by Gasteiger charge is -2.14. The van der Waals surface area contributed by atoms with Gasteiger partial charge >= 0.3 is 6.36 Å². The second kappa shape index (κ2) is 8.90. The standard InChI is InChI=1S/C21H20F3N5O2/c1-13-25-18(12-19(26-13)29(2)3)27-15-6-8-16(9-7-15)28-20(30)14-4-10-17(11-5-14)31-21(22,23)24/h4-12H,1-3H3,(H,28,30)(H,25,26,27). The lowest BCUT2D eigenvalue weighted by Crippen LogP contribution is -2.17. The minimum Gasteiger partial charge on any atom is -0.406 e. The highest BCUT2D eigenvalue weighted by molar-refractivity contribution is 6.04. The molecule has 0 fully saturated rings. The van der Waals surface area contributed by atoms with Gasteiger partial charge in [0.15, 0.2) is 0 Å². The third-order valence-electron chi connectivity index (χ3n) is 4.05. The molecule has 1 heterocycles. The number of nitrogens with one attached hydrogen (secondary N) is 2. The summed E-state index contributed by atoms with van der Waals surface area (Å²) in [5.41, 5.74) is 1.48. The Bertz CT molecular complexity index is 1050. The third-order valence-corrected chi connectivity index (χ3v) is 4.05. The first-order valence-corrected chi connectivity index (χ1v) is 9.16. The molecule has 3 aromatic rings. The zero-order valence-corrected chi connectivity index (χ0v) is 17.0. The van der Waals surface area contributed by atoms with Crippen molar-refractivity contribution in [1.29, 1.82) is 0 Å². The number of benzene rings is 2. The summed E-state index contributed by atoms with van der Waals surface area (Å²) in [5, 5.41) is 5.87. The number of ether oxygens (including phenoxy) is 1. The van der Waals surface area contributed by atoms with Gasteiger partial charge in [-0.25, -0.2) is 9.97 Å². The molecule has 10 heteroatoms. The largest absolute Gasteiger partial charge is 0.573 e. The Morgan fingerprint density at radius 1 is 0.968 bits per heavy atom. The summed E-state index contributed by atoms with van der Waals surface area (Å²) < 4.78 is 40.4. The van der Waals surface area contributed by atoms with E-state index in [0.29, 0.717) is 17.3 Å². The molecule has 0 saturated heterocycles. The van der Waals surface area contributed by atoms with Crippen LogP contribution < -0.4 is 20.3 Å². The van der Waals surface area contributed by atoms with E-state index in [-0.39, 0.29) is 5.56 Å². The molecule has 0 aliphatic rings. The summed E-state index contributed by atoms with van der Waals surface area (Å²) in [4.78, 5) is 22.9. The molecule has 0 spiro atoms. The minimum atomic E-state index is -4.78. The summed E-state index contributed by atoms with van der Waals surface area (Å²) >= 11 is 0. The van der Waals surface area contributed by atoms with Gasteiger partial charge < -0.3 is 20.3 Å². The van der Waals surface area contributed by atoms with Crippen LogP contribution >= 0.6 is 0 Å². The van der Waals surface area contributed by atoms with Crippen LogP contribution in [0.1, 0.15) is 16.2 Å². The van der Waals surface area contributed by atoms with Gasteiger partial charge in [0.25, 0.3) is 5.91 Å². The van der Waals surface area contributed by atoms with Crippen LogP contribution in [-0.4, -0.2) is 36.3 Å². The molecule has 0 bridgehead atoms. The topological polar surface area (TPSA) is 79.4 Å². The number of amides is 1. The van der Waals surface area contributed by atoms with Gasteiger partial charge in [0.2, 0.25) is 0 Å². The second-order valence-electron chi connectivity index (χ2n) is 6.78. The first-order chi connectivity index (χ1) is 14.6. The molecule has 3 rings (SSSR count). The molecule has 0 aliphatic carbocycles. The molecule has 2 aromatic carbocycles. The Balaban J connectivity index is 1.63. The van der Waals surface area contributed by atoms with E-state index < -0.39 is 18.0 Å². The molecule has 1 amide bonds. The minimum absolute atomic E-state index is 0.199. The fraction of sp³-hybridized carbons (Fsp3) is 0.190. The fourth-order valence-electron chi connectivity index (χ4n) is 2.64. The van der Waals surface area contributed by atoms with Crippen LogP contribution in [0.5, 0.6) is 5.75 Å². The number of aromatic nitrogens is 2. The molecular formula is C21H20F3N5O2. The number of nitrogens with zero attached hydrogens (tertiary/aromatic N) is 3. The van der Waals surface area contributed by atoms with Crippen LogP contribution in [-0.2, 0) is 0 Å². The zero-order chi connectivity index (χ0) is 22.6. The average molecular weight is 431 g/mol. The van der Waals surface area contributed by atoms with Crippen molar-refractivity contribution in [2.24, 2.45) is 0 Å². The van der Waals surface area contributed by atoms with Crippen molar-refractivity contribution in [3.63, 3.8) is 0 Å². The highest BCUT2D eigenvalue weighted by Gasteiger charge is 2.31. The van der Waals surface area contributed by atoms with Crippen molar-refractivity contribution in [3.05, 3.63) is 66.0 Å². The Morgan fingerprint density at radius 3 is 2.16 bits per heavy atom. The molecular weight excluding hydrogens is 411 g/mol. The monoisotopic (exact) mass is 431 g/mol. The molecule has 2 N–H and O–H groups in total. The van der Waals surface area contributed by atoms with Crippen molar-refractivity contribution in [1.82, 2.24) is 9.97 Å². The number of carbonyl (C=O) groups is 1. The first kappa shape index (κ1) is 21.9. The number of anilines is 4. The second-order valence-corrected chi connectivity index (χ2v) is 6.78. The van der Waals surface area contributed by atoms with Gasteiger partial charge in [-0.2, -0.15) is 0 Å². The van der Waals surface area contributed by atoms with Crippen LogP contribution in [0.15, 0.2) is 54.6 Å². The normalized spacial score (nSPS) is 11.0. The lowest BCUT2D eigenvalue weighted by atomic mass is 10.2. The van der Waals surface area contributed by atoms with E-state index in [1.807, 2.05) is 25.1 Å². The zero-order valence-electron chi connectivity index (χ0n) is 17.0. The van der Waals surface area contributed by atoms with Crippen molar-refractivity contribution in [2.75, 3.05) is 29.6 Å². The molecule has 7 nitrogen and oxygen atoms in total. The average Bonchev–Trinajstić information content (AvgIpc) is 2.68. The van der Waals surface area contributed by atoms with Crippen molar-refractivity contribution in [3.8, 4) is 5.75 Å². The number of rotatable bonds is 6. The maximum absolute atomic E-state index is 12.3. The van der Waals surface area contributed by atoms with Crippen LogP contribution in [0.2, 0.25) is 0 Å². The summed E-state index contributed by atoms with van der Waals surface area (Å²) in [7, 11) is 3.78. The number of halogens is 3. The molecule has 0 aliphatic heterocycles. The first-order valence-electron chi connectivity index (χ1n) is 9.16. The molecule has 31 heavy (non-hydrogen) atoms. The van der Waals surface area contributed by atoms with Crippen LogP contribution in [0.25, 0.3) is 0 Å². The number of aryl methyl sites for hydroxylation is 1. The number of carbonyl (C=O) groups excluding carboxylic acids is 1. The van der Waals surface area contributed by atoms with Gasteiger partial charge in [0.1, 0.15) is 23.2 Å². The molecule has 0 radical (unpaired) electrons. The smallest absolute Gasteiger partial charge is 0.406 e. The van der Waals surface area contributed by atoms with Gasteiger partial charge in [-0.1, -0.05) is 0 Å². The van der Waals surface area contributed by atoms with Crippen LogP contribution in [0, 0.1) is 6.92 Å². The summed E-state index contributed by atoms with van der Waals surface area (Å²) in [5.74, 6) is 1.18. The number of hydrogen-bond acceptors (Lipinski definition) is 6. The van der Waals surface area contributed by atoms with Crippen LogP contribution in [0.3, 0.4) is 0 Å². The van der Waals surface area contributed by atoms with Gasteiger partial charge in [0.05, 0.1) is 0 Å². The maximum Gasteiger partial charge on any atom is 0.573 e. The Morgan fingerprint density at radius 2 is 1.58 bits per heavy atom. The number of hydrogen-bond donors (Lipinski definition) is 2. The van der Waals surface area contributed by atoms with E-state index in [1.165, 1.54) is 12.1 Å². The van der Waals surface area contributed by atoms with E-state index in [9.17, 15) is 18.0 Å². The van der Waals surface area contributed by atoms with E-state index in [0.717, 1.165) is 23.6 Å². The highest BCUT2D eigenvalue weighted by Crippen LogP contribution is 2.24. The lowest BCUT2D eigenvalue weighted by molar-refractivity contribution is -0.274. The summed E-state index contributed by atoms with van der Waals surface area (Å²) in [6, 6.07) is 13.4. The Labute approximate surface area is 176 Å². The van der Waals surface area contributed by atoms with E-state index in [1.54, 1.807) is 31.2 Å². The predicted molar refractivity (Wildman–Crippen MR) is 112 cm³/mol. The van der Waals surface area contributed by atoms with Crippen molar-refractivity contribution in [2.45, 2.75) is 13.3 Å². The molecule has 1 aromatic heterocycles. The van der Waals surface area contributed by atoms with Crippen LogP contribution in [0.4, 0.5) is 36.2 Å². The van der Waals surface area contributed by atoms with Crippen molar-refractivity contribution < 1.29 is 22.7 Å². The fourth-order valence-corrected chi connectivity index (χ4v) is 2.64. The summed E-state index contributed by atoms with van der Waals surface area (Å²) in [6.45, 7) is 1.80. The van der Waals surface area contributed by atoms with Gasteiger partial charge in [-0.3, -0.25) is 4.79 Å². The predicted octanol–water partition coefficient (Wildman–Crippen LogP) is 4.75. The highest BCUT2D eigenvalue weighted by atomic mass is 19.4. The quantitative estimate of drug-likeness (QED) is 0.587. The van der Waals surface area contributed by atoms with E-state index in [2.05, 4.69) is 25.3 Å². The molecule has 162 valence electrons. The maximum atomic E-state index is 12.3. The third kappa shape index (κ3) is 6.33. The van der Waals surface area contributed by atoms with Gasteiger partial charge in [0, 0.05) is 37.1 Å². The van der Waals surface area contributed by atoms with E-state index >= 15 is 0 Å². The van der Waals surface area contributed by atoms with Gasteiger partial charge in [-0.15, -0.1) is 13.2 Å². The number of alkyl halides is 3. The molecule has 0 saturated carbocycles. The van der Waals surface area contributed by atoms with E-state index in [4.69, 9.17) is 0 Å². The molecule has 0 atom stereocenters. The summed E-state index contributed by atoms with van der Waals surface area (Å²) in [6.07, 6.45) is -4.78. The molecule has 0 unspecified atom stereocenters. The van der Waals surface area contributed by atoms with Crippen molar-refractivity contribution >= 4 is 28.9 Å². The SMILES string of the molecule is Cc1nc(Nc2ccc(NC(=O)c3ccc(OC(F)(F)F)cc3)cc2)cc(N(C)C)n1. The van der Waals surface area contributed by atoms with Gasteiger partial charge in [-0.05, 0) is 55.5 Å².